The first-order chi connectivity index (χ1) is 11.1. The molecule has 2 rings (SSSR count). The lowest BCUT2D eigenvalue weighted by atomic mass is 10.1. The van der Waals surface area contributed by atoms with E-state index in [0.29, 0.717) is 17.9 Å². The molecule has 6 heteroatoms. The lowest BCUT2D eigenvalue weighted by molar-refractivity contribution is -0.0105. The zero-order chi connectivity index (χ0) is 18.0. The van der Waals surface area contributed by atoms with Gasteiger partial charge in [-0.2, -0.15) is 0 Å². The largest absolute Gasteiger partial charge is 0.455 e. The Kier molecular flexibility index (Phi) is 6.17. The summed E-state index contributed by atoms with van der Waals surface area (Å²) in [4.78, 5) is 12.3. The van der Waals surface area contributed by atoms with Crippen LogP contribution >= 0.6 is 11.8 Å². The molecule has 1 heterocycles. The fourth-order valence-corrected chi connectivity index (χ4v) is 4.60. The van der Waals surface area contributed by atoms with Gasteiger partial charge in [0, 0.05) is 12.4 Å². The van der Waals surface area contributed by atoms with Crippen molar-refractivity contribution in [3.05, 3.63) is 35.9 Å². The molecule has 0 saturated carbocycles. The van der Waals surface area contributed by atoms with Crippen LogP contribution in [0.3, 0.4) is 0 Å². The number of hydrogen-bond donors (Lipinski definition) is 1. The molecule has 0 bridgehead atoms. The quantitative estimate of drug-likeness (QED) is 0.634. The molecule has 1 fully saturated rings. The van der Waals surface area contributed by atoms with Gasteiger partial charge in [0.25, 0.3) is 0 Å². The van der Waals surface area contributed by atoms with Crippen molar-refractivity contribution in [2.75, 3.05) is 12.4 Å². The average molecular weight is 369 g/mol. The third-order valence-corrected chi connectivity index (χ3v) is 10.8. The van der Waals surface area contributed by atoms with Crippen LogP contribution in [0.5, 0.6) is 0 Å². The Morgan fingerprint density at radius 1 is 1.29 bits per heavy atom. The van der Waals surface area contributed by atoms with Gasteiger partial charge >= 0.3 is 5.97 Å². The van der Waals surface area contributed by atoms with Gasteiger partial charge in [-0.1, -0.05) is 39.0 Å². The molecule has 134 valence electrons. The molecule has 1 saturated heterocycles. The lowest BCUT2D eigenvalue weighted by Crippen LogP contribution is -2.44. The summed E-state index contributed by atoms with van der Waals surface area (Å²) in [6.45, 7) is 11.5. The Labute approximate surface area is 150 Å². The maximum atomic E-state index is 12.3. The van der Waals surface area contributed by atoms with Crippen LogP contribution < -0.4 is 0 Å². The molecule has 1 N–H and O–H groups in total. The SMILES string of the molecule is CC(C)(C)[Si](C)(C)OC[C@H]1SC[C@@H](O)[C@@H]1OC(=O)c1ccccc1. The molecule has 4 nitrogen and oxygen atoms in total. The summed E-state index contributed by atoms with van der Waals surface area (Å²) in [5.74, 6) is 0.178. The monoisotopic (exact) mass is 368 g/mol. The van der Waals surface area contributed by atoms with Crippen LogP contribution in [0.4, 0.5) is 0 Å². The van der Waals surface area contributed by atoms with Crippen LogP contribution in [0, 0.1) is 0 Å². The van der Waals surface area contributed by atoms with E-state index in [4.69, 9.17) is 9.16 Å². The number of carbonyl (C=O) groups is 1. The van der Waals surface area contributed by atoms with Gasteiger partial charge in [-0.05, 0) is 30.3 Å². The van der Waals surface area contributed by atoms with E-state index in [1.54, 1.807) is 36.0 Å². The third-order valence-electron chi connectivity index (χ3n) is 4.89. The molecule has 0 unspecified atom stereocenters. The van der Waals surface area contributed by atoms with Gasteiger partial charge in [0.15, 0.2) is 8.32 Å². The molecule has 1 aromatic carbocycles. The summed E-state index contributed by atoms with van der Waals surface area (Å²) in [5, 5.41) is 10.3. The van der Waals surface area contributed by atoms with Crippen LogP contribution in [-0.4, -0.2) is 49.2 Å². The Morgan fingerprint density at radius 3 is 2.50 bits per heavy atom. The zero-order valence-electron chi connectivity index (χ0n) is 15.1. The summed E-state index contributed by atoms with van der Waals surface area (Å²) in [6, 6.07) is 8.89. The highest BCUT2D eigenvalue weighted by atomic mass is 32.2. The van der Waals surface area contributed by atoms with Gasteiger partial charge in [0.1, 0.15) is 12.2 Å². The molecule has 24 heavy (non-hydrogen) atoms. The van der Waals surface area contributed by atoms with Crippen LogP contribution in [-0.2, 0) is 9.16 Å². The van der Waals surface area contributed by atoms with Crippen LogP contribution in [0.1, 0.15) is 31.1 Å². The minimum atomic E-state index is -1.86. The number of aliphatic hydroxyl groups excluding tert-OH is 1. The molecule has 0 spiro atoms. The van der Waals surface area contributed by atoms with E-state index >= 15 is 0 Å². The number of ether oxygens (including phenoxy) is 1. The molecule has 1 aromatic rings. The van der Waals surface area contributed by atoms with Gasteiger partial charge in [0.2, 0.25) is 0 Å². The molecule has 1 aliphatic rings. The van der Waals surface area contributed by atoms with Crippen LogP contribution in [0.2, 0.25) is 18.1 Å². The first kappa shape index (κ1) is 19.5. The lowest BCUT2D eigenvalue weighted by Gasteiger charge is -2.37. The van der Waals surface area contributed by atoms with E-state index in [2.05, 4.69) is 33.9 Å². The smallest absolute Gasteiger partial charge is 0.338 e. The summed E-state index contributed by atoms with van der Waals surface area (Å²) in [6.07, 6.45) is -1.16. The summed E-state index contributed by atoms with van der Waals surface area (Å²) in [7, 11) is -1.86. The number of benzene rings is 1. The van der Waals surface area contributed by atoms with Crippen LogP contribution in [0.15, 0.2) is 30.3 Å². The first-order valence-electron chi connectivity index (χ1n) is 8.31. The van der Waals surface area contributed by atoms with Crippen molar-refractivity contribution in [1.29, 1.82) is 0 Å². The second kappa shape index (κ2) is 7.60. The fraction of sp³-hybridized carbons (Fsp3) is 0.611. The van der Waals surface area contributed by atoms with Crippen molar-refractivity contribution in [3.63, 3.8) is 0 Å². The average Bonchev–Trinajstić information content (AvgIpc) is 2.85. The number of thioether (sulfide) groups is 1. The van der Waals surface area contributed by atoms with E-state index in [0.717, 1.165) is 0 Å². The number of rotatable bonds is 5. The minimum Gasteiger partial charge on any atom is -0.455 e. The molecule has 0 aromatic heterocycles. The number of esters is 1. The van der Waals surface area contributed by atoms with E-state index in [1.165, 1.54) is 0 Å². The highest BCUT2D eigenvalue weighted by Gasteiger charge is 2.42. The van der Waals surface area contributed by atoms with Crippen molar-refractivity contribution >= 4 is 26.0 Å². The Balaban J connectivity index is 1.99. The molecule has 0 amide bonds. The van der Waals surface area contributed by atoms with Gasteiger partial charge in [-0.3, -0.25) is 0 Å². The van der Waals surface area contributed by atoms with Gasteiger partial charge in [-0.15, -0.1) is 11.8 Å². The van der Waals surface area contributed by atoms with Gasteiger partial charge < -0.3 is 14.3 Å². The van der Waals surface area contributed by atoms with Gasteiger partial charge in [0.05, 0.1) is 10.8 Å². The van der Waals surface area contributed by atoms with E-state index in [9.17, 15) is 9.90 Å². The van der Waals surface area contributed by atoms with Crippen molar-refractivity contribution in [3.8, 4) is 0 Å². The second-order valence-corrected chi connectivity index (χ2v) is 13.8. The highest BCUT2D eigenvalue weighted by Crippen LogP contribution is 2.38. The molecule has 0 aliphatic carbocycles. The van der Waals surface area contributed by atoms with E-state index in [1.807, 2.05) is 6.07 Å². The normalized spacial score (nSPS) is 24.8. The van der Waals surface area contributed by atoms with Crippen molar-refractivity contribution in [2.24, 2.45) is 0 Å². The zero-order valence-corrected chi connectivity index (χ0v) is 16.9. The van der Waals surface area contributed by atoms with Crippen molar-refractivity contribution in [2.45, 2.75) is 56.4 Å². The Morgan fingerprint density at radius 2 is 1.92 bits per heavy atom. The van der Waals surface area contributed by atoms with Crippen molar-refractivity contribution in [1.82, 2.24) is 0 Å². The summed E-state index contributed by atoms with van der Waals surface area (Å²) >= 11 is 1.62. The number of carbonyl (C=O) groups excluding carboxylic acids is 1. The standard InChI is InChI=1S/C18H28O4SSi/c1-18(2,3)24(4,5)21-11-15-16(14(19)12-23-15)22-17(20)13-9-7-6-8-10-13/h6-10,14-16,19H,11-12H2,1-5H3/t14-,15-,16+/m1/s1. The number of aliphatic hydroxyl groups is 1. The maximum absolute atomic E-state index is 12.3. The van der Waals surface area contributed by atoms with Crippen molar-refractivity contribution < 1.29 is 19.1 Å². The topological polar surface area (TPSA) is 55.8 Å². The fourth-order valence-electron chi connectivity index (χ4n) is 2.23. The summed E-state index contributed by atoms with van der Waals surface area (Å²) in [5.41, 5.74) is 0.505. The Bertz CT molecular complexity index is 556. The van der Waals surface area contributed by atoms with Gasteiger partial charge in [-0.25, -0.2) is 4.79 Å². The van der Waals surface area contributed by atoms with E-state index < -0.39 is 20.5 Å². The first-order valence-corrected chi connectivity index (χ1v) is 12.3. The predicted octanol–water partition coefficient (Wildman–Crippen LogP) is 3.71. The maximum Gasteiger partial charge on any atom is 0.338 e. The van der Waals surface area contributed by atoms with Crippen LogP contribution in [0.25, 0.3) is 0 Å². The molecular formula is C18H28O4SSi. The Hall–Kier alpha value is -0.823. The molecular weight excluding hydrogens is 340 g/mol. The minimum absolute atomic E-state index is 0.0261. The molecule has 1 aliphatic heterocycles. The molecule has 0 radical (unpaired) electrons. The van der Waals surface area contributed by atoms with E-state index in [-0.39, 0.29) is 16.3 Å². The third kappa shape index (κ3) is 4.62. The second-order valence-electron chi connectivity index (χ2n) is 7.75. The highest BCUT2D eigenvalue weighted by molar-refractivity contribution is 8.00. The predicted molar refractivity (Wildman–Crippen MR) is 101 cm³/mol. The molecule has 3 atom stereocenters. The number of hydrogen-bond acceptors (Lipinski definition) is 5. The summed E-state index contributed by atoms with van der Waals surface area (Å²) < 4.78 is 11.9.